The van der Waals surface area contributed by atoms with Gasteiger partial charge in [-0.15, -0.1) is 0 Å². The number of aromatic nitrogens is 4. The third-order valence-corrected chi connectivity index (χ3v) is 7.02. The average molecular weight is 483 g/mol. The first kappa shape index (κ1) is 21.8. The van der Waals surface area contributed by atoms with E-state index in [2.05, 4.69) is 30.4 Å². The molecule has 176 valence electrons. The van der Waals surface area contributed by atoms with Gasteiger partial charge in [0.2, 0.25) is 5.91 Å². The third kappa shape index (κ3) is 4.15. The number of carbonyl (C=O) groups is 1. The molecule has 0 atom stereocenters. The zero-order chi connectivity index (χ0) is 23.9. The second-order valence-electron chi connectivity index (χ2n) is 7.90. The summed E-state index contributed by atoms with van der Waals surface area (Å²) in [6, 6.07) is 10.3. The SMILES string of the molecule is Cc1n[nH]c(C)c1S(=O)(=O)Nc1ccc2[nH]nc(NC(=O)Cc3ccc4c(c3)OCCO4)c2c1. The lowest BCUT2D eigenvalue weighted by molar-refractivity contribution is -0.115. The summed E-state index contributed by atoms with van der Waals surface area (Å²) < 4.78 is 39.4. The minimum atomic E-state index is -3.85. The Balaban J connectivity index is 1.34. The molecule has 3 heterocycles. The zero-order valence-electron chi connectivity index (χ0n) is 18.4. The minimum absolute atomic E-state index is 0.104. The number of sulfonamides is 1. The third-order valence-electron chi connectivity index (χ3n) is 5.37. The van der Waals surface area contributed by atoms with Crippen molar-refractivity contribution in [1.29, 1.82) is 0 Å². The molecule has 5 rings (SSSR count). The number of hydrogen-bond acceptors (Lipinski definition) is 7. The van der Waals surface area contributed by atoms with Crippen LogP contribution in [0.2, 0.25) is 0 Å². The van der Waals surface area contributed by atoms with Crippen molar-refractivity contribution < 1.29 is 22.7 Å². The molecule has 34 heavy (non-hydrogen) atoms. The molecule has 1 amide bonds. The van der Waals surface area contributed by atoms with E-state index in [-0.39, 0.29) is 17.2 Å². The highest BCUT2D eigenvalue weighted by molar-refractivity contribution is 7.92. The summed E-state index contributed by atoms with van der Waals surface area (Å²) in [5, 5.41) is 17.0. The average Bonchev–Trinajstić information content (AvgIpc) is 3.35. The van der Waals surface area contributed by atoms with Crippen molar-refractivity contribution in [3.63, 3.8) is 0 Å². The number of H-pyrrole nitrogens is 2. The van der Waals surface area contributed by atoms with E-state index in [4.69, 9.17) is 9.47 Å². The first-order chi connectivity index (χ1) is 16.3. The second-order valence-corrected chi connectivity index (χ2v) is 9.52. The van der Waals surface area contributed by atoms with Gasteiger partial charge in [-0.2, -0.15) is 10.2 Å². The largest absolute Gasteiger partial charge is 0.486 e. The molecule has 2 aromatic carbocycles. The van der Waals surface area contributed by atoms with E-state index < -0.39 is 10.0 Å². The van der Waals surface area contributed by atoms with Crippen molar-refractivity contribution in [1.82, 2.24) is 20.4 Å². The molecule has 0 radical (unpaired) electrons. The number of nitrogens with zero attached hydrogens (tertiary/aromatic N) is 2. The van der Waals surface area contributed by atoms with Crippen LogP contribution < -0.4 is 19.5 Å². The van der Waals surface area contributed by atoms with Crippen LogP contribution in [0, 0.1) is 13.8 Å². The van der Waals surface area contributed by atoms with Gasteiger partial charge >= 0.3 is 0 Å². The van der Waals surface area contributed by atoms with Crippen LogP contribution >= 0.6 is 0 Å². The van der Waals surface area contributed by atoms with Crippen LogP contribution in [0.5, 0.6) is 11.5 Å². The molecular formula is C22H22N6O5S. The van der Waals surface area contributed by atoms with Crippen LogP contribution in [-0.4, -0.2) is 47.9 Å². The molecule has 0 saturated carbocycles. The van der Waals surface area contributed by atoms with Crippen molar-refractivity contribution >= 4 is 38.3 Å². The van der Waals surface area contributed by atoms with Gasteiger partial charge in [-0.3, -0.25) is 19.7 Å². The smallest absolute Gasteiger partial charge is 0.265 e. The Labute approximate surface area is 194 Å². The topological polar surface area (TPSA) is 151 Å². The van der Waals surface area contributed by atoms with Crippen LogP contribution in [0.4, 0.5) is 11.5 Å². The highest BCUT2D eigenvalue weighted by Gasteiger charge is 2.23. The van der Waals surface area contributed by atoms with Gasteiger partial charge in [-0.05, 0) is 49.7 Å². The quantitative estimate of drug-likeness (QED) is 0.330. The molecule has 0 fully saturated rings. The van der Waals surface area contributed by atoms with Gasteiger partial charge in [0.05, 0.1) is 23.3 Å². The van der Waals surface area contributed by atoms with Crippen molar-refractivity contribution in [3.05, 3.63) is 53.3 Å². The lowest BCUT2D eigenvalue weighted by Gasteiger charge is -2.18. The number of carbonyl (C=O) groups excluding carboxylic acids is 1. The number of hydrogen-bond donors (Lipinski definition) is 4. The van der Waals surface area contributed by atoms with E-state index >= 15 is 0 Å². The molecule has 0 saturated heterocycles. The van der Waals surface area contributed by atoms with Crippen LogP contribution in [0.15, 0.2) is 41.3 Å². The van der Waals surface area contributed by atoms with E-state index in [1.165, 1.54) is 0 Å². The second kappa shape index (κ2) is 8.37. The Morgan fingerprint density at radius 1 is 1.03 bits per heavy atom. The van der Waals surface area contributed by atoms with Gasteiger partial charge in [0.15, 0.2) is 17.3 Å². The first-order valence-corrected chi connectivity index (χ1v) is 12.0. The number of aromatic amines is 2. The molecule has 2 aromatic heterocycles. The van der Waals surface area contributed by atoms with E-state index in [9.17, 15) is 13.2 Å². The number of nitrogens with one attached hydrogen (secondary N) is 4. The maximum absolute atomic E-state index is 12.9. The van der Waals surface area contributed by atoms with Gasteiger partial charge in [0, 0.05) is 11.1 Å². The van der Waals surface area contributed by atoms with Crippen LogP contribution in [0.25, 0.3) is 10.9 Å². The van der Waals surface area contributed by atoms with Crippen LogP contribution in [-0.2, 0) is 21.2 Å². The maximum Gasteiger partial charge on any atom is 0.265 e. The summed E-state index contributed by atoms with van der Waals surface area (Å²) >= 11 is 0. The number of amides is 1. The van der Waals surface area contributed by atoms with Gasteiger partial charge in [-0.1, -0.05) is 6.07 Å². The van der Waals surface area contributed by atoms with Crippen molar-refractivity contribution in [3.8, 4) is 11.5 Å². The number of benzene rings is 2. The Hall–Kier alpha value is -4.06. The van der Waals surface area contributed by atoms with Gasteiger partial charge < -0.3 is 14.8 Å². The summed E-state index contributed by atoms with van der Waals surface area (Å²) in [5.74, 6) is 1.29. The maximum atomic E-state index is 12.9. The lowest BCUT2D eigenvalue weighted by Crippen LogP contribution is -2.17. The summed E-state index contributed by atoms with van der Waals surface area (Å²) in [4.78, 5) is 12.8. The molecule has 1 aliphatic heterocycles. The highest BCUT2D eigenvalue weighted by atomic mass is 32.2. The standard InChI is InChI=1S/C22H22N6O5S/c1-12-21(13(2)25-24-12)34(30,31)28-15-4-5-17-16(11-15)22(27-26-17)23-20(29)10-14-3-6-18-19(9-14)33-8-7-32-18/h3-6,9,11,28H,7-8,10H2,1-2H3,(H,24,25)(H2,23,26,27,29). The summed E-state index contributed by atoms with van der Waals surface area (Å²) in [6.45, 7) is 4.22. The molecule has 4 N–H and O–H groups in total. The van der Waals surface area contributed by atoms with Crippen LogP contribution in [0.3, 0.4) is 0 Å². The Morgan fingerprint density at radius 2 is 1.82 bits per heavy atom. The molecule has 11 nitrogen and oxygen atoms in total. The molecule has 0 bridgehead atoms. The Morgan fingerprint density at radius 3 is 2.59 bits per heavy atom. The van der Waals surface area contributed by atoms with E-state index in [0.717, 1.165) is 5.56 Å². The van der Waals surface area contributed by atoms with Gasteiger partial charge in [-0.25, -0.2) is 8.42 Å². The molecule has 0 spiro atoms. The number of fused-ring (bicyclic) bond motifs is 2. The van der Waals surface area contributed by atoms with Gasteiger partial charge in [0.1, 0.15) is 18.1 Å². The van der Waals surface area contributed by atoms with Crippen molar-refractivity contribution in [2.45, 2.75) is 25.2 Å². The molecule has 0 unspecified atom stereocenters. The first-order valence-electron chi connectivity index (χ1n) is 10.5. The zero-order valence-corrected chi connectivity index (χ0v) is 19.2. The Bertz CT molecular complexity index is 1490. The molecule has 12 heteroatoms. The van der Waals surface area contributed by atoms with E-state index in [1.807, 2.05) is 6.07 Å². The predicted molar refractivity (Wildman–Crippen MR) is 125 cm³/mol. The molecule has 4 aromatic rings. The Kier molecular flexibility index (Phi) is 5.36. The number of anilines is 2. The monoisotopic (exact) mass is 482 g/mol. The van der Waals surface area contributed by atoms with E-state index in [0.29, 0.717) is 58.5 Å². The van der Waals surface area contributed by atoms with Crippen molar-refractivity contribution in [2.75, 3.05) is 23.3 Å². The summed E-state index contributed by atoms with van der Waals surface area (Å²) in [7, 11) is -3.85. The highest BCUT2D eigenvalue weighted by Crippen LogP contribution is 2.31. The van der Waals surface area contributed by atoms with Crippen molar-refractivity contribution in [2.24, 2.45) is 0 Å². The van der Waals surface area contributed by atoms with Gasteiger partial charge in [0.25, 0.3) is 10.0 Å². The normalized spacial score (nSPS) is 13.1. The molecular weight excluding hydrogens is 460 g/mol. The minimum Gasteiger partial charge on any atom is -0.486 e. The van der Waals surface area contributed by atoms with E-state index in [1.54, 1.807) is 44.2 Å². The summed E-state index contributed by atoms with van der Waals surface area (Å²) in [5.41, 5.74) is 2.56. The predicted octanol–water partition coefficient (Wildman–Crippen LogP) is 2.66. The fraction of sp³-hybridized carbons (Fsp3) is 0.227. The molecule has 0 aliphatic carbocycles. The lowest BCUT2D eigenvalue weighted by atomic mass is 10.1. The number of rotatable bonds is 6. The number of ether oxygens (including phenoxy) is 2. The fourth-order valence-corrected chi connectivity index (χ4v) is 5.30. The molecule has 1 aliphatic rings. The summed E-state index contributed by atoms with van der Waals surface area (Å²) in [6.07, 6.45) is 0.107. The fourth-order valence-electron chi connectivity index (χ4n) is 3.87. The number of aryl methyl sites for hydroxylation is 2. The van der Waals surface area contributed by atoms with Crippen LogP contribution in [0.1, 0.15) is 17.0 Å².